The number of carbonyl (C=O) groups excluding carboxylic acids is 1. The van der Waals surface area contributed by atoms with Crippen molar-refractivity contribution in [2.75, 3.05) is 6.54 Å². The number of benzene rings is 1. The molecule has 0 saturated heterocycles. The van der Waals surface area contributed by atoms with Crippen LogP contribution in [0, 0.1) is 18.7 Å². The number of nitrogens with zero attached hydrogens (tertiary/aromatic N) is 2. The Hall–Kier alpha value is -2.25. The normalized spacial score (nSPS) is 15.8. The molecule has 0 bridgehead atoms. The van der Waals surface area contributed by atoms with Gasteiger partial charge in [-0.1, -0.05) is 20.8 Å². The van der Waals surface area contributed by atoms with E-state index in [1.54, 1.807) is 12.1 Å². The van der Waals surface area contributed by atoms with Crippen LogP contribution in [0.25, 0.3) is 11.4 Å². The predicted molar refractivity (Wildman–Crippen MR) is 118 cm³/mol. The monoisotopic (exact) mass is 430 g/mol. The second-order valence-corrected chi connectivity index (χ2v) is 8.76. The molecule has 1 radical (unpaired) electrons. The third-order valence-electron chi connectivity index (χ3n) is 5.68. The van der Waals surface area contributed by atoms with Crippen LogP contribution in [0.3, 0.4) is 0 Å². The van der Waals surface area contributed by atoms with Crippen LogP contribution in [0.5, 0.6) is 0 Å². The van der Waals surface area contributed by atoms with Crippen LogP contribution in [0.2, 0.25) is 0 Å². The van der Waals surface area contributed by atoms with E-state index in [1.165, 1.54) is 12.1 Å². The maximum atomic E-state index is 13.5. The molecule has 2 aromatic rings. The highest BCUT2D eigenvalue weighted by Gasteiger charge is 2.27. The maximum absolute atomic E-state index is 13.5. The van der Waals surface area contributed by atoms with Crippen LogP contribution >= 0.6 is 0 Å². The van der Waals surface area contributed by atoms with Gasteiger partial charge in [0.05, 0.1) is 17.9 Å². The molecule has 1 saturated carbocycles. The minimum absolute atomic E-state index is 0.0194. The van der Waals surface area contributed by atoms with Crippen LogP contribution in [0.15, 0.2) is 24.3 Å². The number of halogens is 1. The number of aromatic nitrogens is 2. The fourth-order valence-corrected chi connectivity index (χ4v) is 3.73. The van der Waals surface area contributed by atoms with Crippen molar-refractivity contribution in [2.24, 2.45) is 5.92 Å². The Morgan fingerprint density at radius 3 is 2.52 bits per heavy atom. The Morgan fingerprint density at radius 2 is 1.94 bits per heavy atom. The lowest BCUT2D eigenvalue weighted by Crippen LogP contribution is -2.27. The molecule has 31 heavy (non-hydrogen) atoms. The van der Waals surface area contributed by atoms with Gasteiger partial charge in [0.1, 0.15) is 17.3 Å². The van der Waals surface area contributed by atoms with Crippen LogP contribution < -0.4 is 5.32 Å². The number of rotatable bonds is 11. The van der Waals surface area contributed by atoms with Gasteiger partial charge in [0, 0.05) is 18.7 Å². The van der Waals surface area contributed by atoms with Gasteiger partial charge in [-0.2, -0.15) is 0 Å². The van der Waals surface area contributed by atoms with Crippen molar-refractivity contribution in [3.05, 3.63) is 48.4 Å². The largest absolute Gasteiger partial charge is 0.393 e. The average molecular weight is 431 g/mol. The minimum atomic E-state index is -0.702. The summed E-state index contributed by atoms with van der Waals surface area (Å²) in [5, 5.41) is 23.1. The second-order valence-electron chi connectivity index (χ2n) is 8.76. The first-order chi connectivity index (χ1) is 14.8. The van der Waals surface area contributed by atoms with E-state index >= 15 is 0 Å². The summed E-state index contributed by atoms with van der Waals surface area (Å²) in [6, 6.07) is 6.03. The molecule has 6 nitrogen and oxygen atoms in total. The smallest absolute Gasteiger partial charge is 0.271 e. The van der Waals surface area contributed by atoms with E-state index in [9.17, 15) is 19.4 Å². The molecule has 1 aliphatic rings. The highest BCUT2D eigenvalue weighted by atomic mass is 19.1. The van der Waals surface area contributed by atoms with E-state index in [4.69, 9.17) is 0 Å². The van der Waals surface area contributed by atoms with Crippen LogP contribution in [0.1, 0.15) is 68.1 Å². The van der Waals surface area contributed by atoms with Crippen LogP contribution in [-0.2, 0) is 6.54 Å². The average Bonchev–Trinajstić information content (AvgIpc) is 3.49. The van der Waals surface area contributed by atoms with E-state index in [2.05, 4.69) is 17.2 Å². The zero-order valence-electron chi connectivity index (χ0n) is 18.4. The molecule has 1 aromatic heterocycles. The Bertz CT molecular complexity index is 875. The van der Waals surface area contributed by atoms with Crippen molar-refractivity contribution >= 4 is 5.91 Å². The summed E-state index contributed by atoms with van der Waals surface area (Å²) in [6.07, 6.45) is 1.91. The van der Waals surface area contributed by atoms with E-state index in [0.29, 0.717) is 48.9 Å². The highest BCUT2D eigenvalue weighted by molar-refractivity contribution is 5.94. The zero-order chi connectivity index (χ0) is 22.5. The van der Waals surface area contributed by atoms with Gasteiger partial charge in [-0.05, 0) is 68.2 Å². The van der Waals surface area contributed by atoms with Gasteiger partial charge in [0.25, 0.3) is 5.91 Å². The standard InChI is InChI=1S/C24H33FN3O3/c1-4-19(29)13-20(30)11-12-28-22(15(2)3)21(24(31)26-14-16-5-6-16)27-23(28)17-7-9-18(25)10-8-17/h7-10,15-16,19-20,29-30H,1,4-6,11-14H2,2-3H3,(H,26,31). The third-order valence-corrected chi connectivity index (χ3v) is 5.68. The first-order valence-corrected chi connectivity index (χ1v) is 11.1. The molecule has 2 atom stereocenters. The number of amides is 1. The summed E-state index contributed by atoms with van der Waals surface area (Å²) < 4.78 is 15.4. The lowest BCUT2D eigenvalue weighted by Gasteiger charge is -2.18. The van der Waals surface area contributed by atoms with Gasteiger partial charge in [0.15, 0.2) is 0 Å². The van der Waals surface area contributed by atoms with Crippen LogP contribution in [0.4, 0.5) is 4.39 Å². The molecule has 0 spiro atoms. The van der Waals surface area contributed by atoms with Gasteiger partial charge in [-0.25, -0.2) is 9.37 Å². The fraction of sp³-hybridized carbons (Fsp3) is 0.542. The second kappa shape index (κ2) is 10.4. The maximum Gasteiger partial charge on any atom is 0.271 e. The Balaban J connectivity index is 1.93. The molecule has 1 heterocycles. The summed E-state index contributed by atoms with van der Waals surface area (Å²) in [4.78, 5) is 17.6. The molecule has 0 aliphatic heterocycles. The molecular weight excluding hydrogens is 397 g/mol. The number of hydrogen-bond donors (Lipinski definition) is 3. The van der Waals surface area contributed by atoms with Gasteiger partial charge < -0.3 is 20.1 Å². The molecule has 7 heteroatoms. The number of carbonyl (C=O) groups is 1. The number of nitrogens with one attached hydrogen (secondary N) is 1. The van der Waals surface area contributed by atoms with Gasteiger partial charge in [-0.15, -0.1) is 0 Å². The molecule has 1 fully saturated rings. The fourth-order valence-electron chi connectivity index (χ4n) is 3.73. The topological polar surface area (TPSA) is 87.4 Å². The van der Waals surface area contributed by atoms with E-state index < -0.39 is 12.2 Å². The zero-order valence-corrected chi connectivity index (χ0v) is 18.4. The van der Waals surface area contributed by atoms with Crippen molar-refractivity contribution in [2.45, 2.75) is 70.6 Å². The molecule has 1 aromatic carbocycles. The summed E-state index contributed by atoms with van der Waals surface area (Å²) in [7, 11) is 0. The summed E-state index contributed by atoms with van der Waals surface area (Å²) in [5.41, 5.74) is 1.87. The summed E-state index contributed by atoms with van der Waals surface area (Å²) >= 11 is 0. The lowest BCUT2D eigenvalue weighted by molar-refractivity contribution is 0.0742. The van der Waals surface area contributed by atoms with Crippen molar-refractivity contribution in [1.82, 2.24) is 14.9 Å². The van der Waals surface area contributed by atoms with Crippen molar-refractivity contribution in [3.8, 4) is 11.4 Å². The number of imidazole rings is 1. The molecular formula is C24H33FN3O3. The van der Waals surface area contributed by atoms with Crippen molar-refractivity contribution in [1.29, 1.82) is 0 Å². The van der Waals surface area contributed by atoms with E-state index in [-0.39, 0.29) is 24.1 Å². The van der Waals surface area contributed by atoms with Gasteiger partial charge >= 0.3 is 0 Å². The molecule has 2 unspecified atom stereocenters. The Morgan fingerprint density at radius 1 is 1.26 bits per heavy atom. The highest BCUT2D eigenvalue weighted by Crippen LogP contribution is 2.30. The number of hydrogen-bond acceptors (Lipinski definition) is 4. The van der Waals surface area contributed by atoms with Crippen LogP contribution in [-0.4, -0.2) is 44.4 Å². The minimum Gasteiger partial charge on any atom is -0.393 e. The molecule has 169 valence electrons. The van der Waals surface area contributed by atoms with Gasteiger partial charge in [0.2, 0.25) is 0 Å². The third kappa shape index (κ3) is 6.14. The Labute approximate surface area is 183 Å². The molecule has 1 aliphatic carbocycles. The quantitative estimate of drug-likeness (QED) is 0.508. The van der Waals surface area contributed by atoms with Gasteiger partial charge in [-0.3, -0.25) is 4.79 Å². The first-order valence-electron chi connectivity index (χ1n) is 11.1. The first kappa shape index (κ1) is 23.4. The molecule has 3 rings (SSSR count). The summed E-state index contributed by atoms with van der Waals surface area (Å²) in [6.45, 7) is 8.74. The Kier molecular flexibility index (Phi) is 7.84. The number of aliphatic hydroxyl groups excluding tert-OH is 2. The van der Waals surface area contributed by atoms with E-state index in [0.717, 1.165) is 18.5 Å². The lowest BCUT2D eigenvalue weighted by atomic mass is 10.1. The van der Waals surface area contributed by atoms with Crippen molar-refractivity contribution < 1.29 is 19.4 Å². The predicted octanol–water partition coefficient (Wildman–Crippen LogP) is 3.68. The molecule has 1 amide bonds. The summed E-state index contributed by atoms with van der Waals surface area (Å²) in [5.74, 6) is 0.604. The molecule has 3 N–H and O–H groups in total. The number of aliphatic hydroxyl groups is 2. The SMILES string of the molecule is [CH2]CC(O)CC(O)CCn1c(-c2ccc(F)cc2)nc(C(=O)NCC2CC2)c1C(C)C. The van der Waals surface area contributed by atoms with Crippen molar-refractivity contribution in [3.63, 3.8) is 0 Å². The van der Waals surface area contributed by atoms with E-state index in [1.807, 2.05) is 18.4 Å².